The van der Waals surface area contributed by atoms with E-state index in [2.05, 4.69) is 22.6 Å². The molecule has 2 fully saturated rings. The number of benzene rings is 1. The molecule has 2 saturated carbocycles. The third kappa shape index (κ3) is 2.81. The lowest BCUT2D eigenvalue weighted by Gasteiger charge is -2.20. The molecule has 4 atom stereocenters. The van der Waals surface area contributed by atoms with Gasteiger partial charge in [0.2, 0.25) is 0 Å². The minimum Gasteiger partial charge on any atom is -0.461 e. The molecule has 3 heteroatoms. The van der Waals surface area contributed by atoms with Crippen LogP contribution in [0.2, 0.25) is 0 Å². The minimum absolute atomic E-state index is 0.0277. The van der Waals surface area contributed by atoms with Gasteiger partial charge >= 0.3 is 5.97 Å². The van der Waals surface area contributed by atoms with E-state index in [1.165, 1.54) is 19.3 Å². The van der Waals surface area contributed by atoms with Crippen molar-refractivity contribution in [1.29, 1.82) is 0 Å². The van der Waals surface area contributed by atoms with Gasteiger partial charge in [0.25, 0.3) is 0 Å². The zero-order valence-electron chi connectivity index (χ0n) is 10.9. The molecule has 2 aliphatic carbocycles. The Morgan fingerprint density at radius 2 is 1.89 bits per heavy atom. The Labute approximate surface area is 128 Å². The van der Waals surface area contributed by atoms with Crippen LogP contribution in [0.4, 0.5) is 0 Å². The fraction of sp³-hybridized carbons (Fsp3) is 0.562. The molecule has 0 amide bonds. The highest BCUT2D eigenvalue weighted by Gasteiger charge is 2.47. The summed E-state index contributed by atoms with van der Waals surface area (Å²) in [7, 11) is 0. The molecule has 2 nitrogen and oxygen atoms in total. The summed E-state index contributed by atoms with van der Waals surface area (Å²) in [5.74, 6) is 1.53. The molecule has 102 valence electrons. The summed E-state index contributed by atoms with van der Waals surface area (Å²) >= 11 is 2.53. The maximum Gasteiger partial charge on any atom is 0.309 e. The van der Waals surface area contributed by atoms with Crippen molar-refractivity contribution >= 4 is 28.6 Å². The zero-order chi connectivity index (χ0) is 13.2. The lowest BCUT2D eigenvalue weighted by Crippen LogP contribution is -2.26. The SMILES string of the molecule is O=C(OCc1ccccc1)C1CCC2CCC(I)C21. The Balaban J connectivity index is 1.59. The predicted octanol–water partition coefficient (Wildman–Crippen LogP) is 3.97. The van der Waals surface area contributed by atoms with Gasteiger partial charge in [0.05, 0.1) is 5.92 Å². The van der Waals surface area contributed by atoms with E-state index in [-0.39, 0.29) is 11.9 Å². The van der Waals surface area contributed by atoms with Crippen LogP contribution in [0, 0.1) is 17.8 Å². The average Bonchev–Trinajstić information content (AvgIpc) is 3.01. The monoisotopic (exact) mass is 370 g/mol. The van der Waals surface area contributed by atoms with Crippen LogP contribution in [0.25, 0.3) is 0 Å². The smallest absolute Gasteiger partial charge is 0.309 e. The number of ether oxygens (including phenoxy) is 1. The molecule has 0 radical (unpaired) electrons. The fourth-order valence-electron chi connectivity index (χ4n) is 3.67. The highest BCUT2D eigenvalue weighted by molar-refractivity contribution is 14.1. The summed E-state index contributed by atoms with van der Waals surface area (Å²) in [6.07, 6.45) is 4.83. The van der Waals surface area contributed by atoms with Gasteiger partial charge in [-0.25, -0.2) is 0 Å². The van der Waals surface area contributed by atoms with E-state index < -0.39 is 0 Å². The van der Waals surface area contributed by atoms with Crippen LogP contribution in [0.15, 0.2) is 30.3 Å². The molecule has 0 aliphatic heterocycles. The van der Waals surface area contributed by atoms with Crippen LogP contribution in [-0.4, -0.2) is 9.89 Å². The largest absolute Gasteiger partial charge is 0.461 e. The normalized spacial score (nSPS) is 33.1. The molecule has 0 bridgehead atoms. The number of alkyl halides is 1. The number of esters is 1. The van der Waals surface area contributed by atoms with E-state index in [0.717, 1.165) is 17.9 Å². The van der Waals surface area contributed by atoms with Crippen molar-refractivity contribution in [3.05, 3.63) is 35.9 Å². The Bertz CT molecular complexity index is 445. The van der Waals surface area contributed by atoms with Gasteiger partial charge in [-0.3, -0.25) is 4.79 Å². The number of halogens is 1. The molecule has 0 aromatic heterocycles. The molecule has 0 saturated heterocycles. The molecule has 1 aromatic rings. The van der Waals surface area contributed by atoms with Gasteiger partial charge in [-0.15, -0.1) is 0 Å². The van der Waals surface area contributed by atoms with Crippen LogP contribution < -0.4 is 0 Å². The first-order chi connectivity index (χ1) is 9.25. The second-order valence-electron chi connectivity index (χ2n) is 5.71. The third-order valence-electron chi connectivity index (χ3n) is 4.61. The summed E-state index contributed by atoms with van der Waals surface area (Å²) in [5, 5.41) is 0. The number of rotatable bonds is 3. The number of carbonyl (C=O) groups excluding carboxylic acids is 1. The molecule has 4 unspecified atom stereocenters. The van der Waals surface area contributed by atoms with Gasteiger partial charge in [0.15, 0.2) is 0 Å². The zero-order valence-corrected chi connectivity index (χ0v) is 13.1. The molecule has 3 rings (SSSR count). The highest BCUT2D eigenvalue weighted by atomic mass is 127. The van der Waals surface area contributed by atoms with Crippen molar-refractivity contribution in [3.63, 3.8) is 0 Å². The number of carbonyl (C=O) groups is 1. The molecule has 0 heterocycles. The Kier molecular flexibility index (Phi) is 4.10. The fourth-order valence-corrected chi connectivity index (χ4v) is 5.12. The highest BCUT2D eigenvalue weighted by Crippen LogP contribution is 2.50. The van der Waals surface area contributed by atoms with Crippen LogP contribution in [-0.2, 0) is 16.1 Å². The van der Waals surface area contributed by atoms with E-state index in [1.54, 1.807) is 0 Å². The summed E-state index contributed by atoms with van der Waals surface area (Å²) in [4.78, 5) is 12.3. The molecule has 1 aromatic carbocycles. The van der Waals surface area contributed by atoms with E-state index >= 15 is 0 Å². The van der Waals surface area contributed by atoms with Crippen molar-refractivity contribution < 1.29 is 9.53 Å². The summed E-state index contributed by atoms with van der Waals surface area (Å²) in [6, 6.07) is 9.94. The molecule has 0 N–H and O–H groups in total. The first-order valence-corrected chi connectivity index (χ1v) is 8.35. The number of hydrogen-bond donors (Lipinski definition) is 0. The van der Waals surface area contributed by atoms with Crippen LogP contribution >= 0.6 is 22.6 Å². The van der Waals surface area contributed by atoms with Crippen LogP contribution in [0.3, 0.4) is 0 Å². The van der Waals surface area contributed by atoms with Crippen molar-refractivity contribution in [3.8, 4) is 0 Å². The van der Waals surface area contributed by atoms with Gasteiger partial charge in [0, 0.05) is 3.92 Å². The van der Waals surface area contributed by atoms with Crippen molar-refractivity contribution in [2.75, 3.05) is 0 Å². The molecule has 2 aliphatic rings. The lowest BCUT2D eigenvalue weighted by molar-refractivity contribution is -0.151. The Hall–Kier alpha value is -0.580. The maximum atomic E-state index is 12.3. The summed E-state index contributed by atoms with van der Waals surface area (Å²) in [5.41, 5.74) is 1.07. The van der Waals surface area contributed by atoms with Gasteiger partial charge < -0.3 is 4.74 Å². The van der Waals surface area contributed by atoms with Crippen molar-refractivity contribution in [2.45, 2.75) is 36.2 Å². The minimum atomic E-state index is 0.0277. The third-order valence-corrected chi connectivity index (χ3v) is 6.07. The van der Waals surface area contributed by atoms with E-state index in [9.17, 15) is 4.79 Å². The van der Waals surface area contributed by atoms with E-state index in [1.807, 2.05) is 30.3 Å². The Morgan fingerprint density at radius 1 is 1.16 bits per heavy atom. The summed E-state index contributed by atoms with van der Waals surface area (Å²) < 4.78 is 6.19. The van der Waals surface area contributed by atoms with Crippen LogP contribution in [0.1, 0.15) is 31.2 Å². The van der Waals surface area contributed by atoms with E-state index in [0.29, 0.717) is 16.4 Å². The van der Waals surface area contributed by atoms with Gasteiger partial charge in [0.1, 0.15) is 6.61 Å². The number of fused-ring (bicyclic) bond motifs is 1. The van der Waals surface area contributed by atoms with E-state index in [4.69, 9.17) is 4.74 Å². The standard InChI is InChI=1S/C16H19IO2/c17-14-9-7-12-6-8-13(15(12)14)16(18)19-10-11-4-2-1-3-5-11/h1-5,12-15H,6-10H2. The summed E-state index contributed by atoms with van der Waals surface area (Å²) in [6.45, 7) is 0.416. The quantitative estimate of drug-likeness (QED) is 0.457. The predicted molar refractivity (Wildman–Crippen MR) is 83.0 cm³/mol. The van der Waals surface area contributed by atoms with Crippen molar-refractivity contribution in [1.82, 2.24) is 0 Å². The molecular weight excluding hydrogens is 351 g/mol. The lowest BCUT2D eigenvalue weighted by atomic mass is 9.92. The maximum absolute atomic E-state index is 12.3. The second kappa shape index (κ2) is 5.81. The van der Waals surface area contributed by atoms with Gasteiger partial charge in [-0.2, -0.15) is 0 Å². The van der Waals surface area contributed by atoms with Gasteiger partial charge in [-0.1, -0.05) is 52.9 Å². The van der Waals surface area contributed by atoms with Crippen molar-refractivity contribution in [2.24, 2.45) is 17.8 Å². The topological polar surface area (TPSA) is 26.3 Å². The average molecular weight is 370 g/mol. The molecule has 0 spiro atoms. The van der Waals surface area contributed by atoms with Gasteiger partial charge in [-0.05, 0) is 43.1 Å². The molecular formula is C16H19IO2. The Morgan fingerprint density at radius 3 is 2.68 bits per heavy atom. The number of hydrogen-bond acceptors (Lipinski definition) is 2. The van der Waals surface area contributed by atoms with Crippen LogP contribution in [0.5, 0.6) is 0 Å². The molecule has 19 heavy (non-hydrogen) atoms. The first kappa shape index (κ1) is 13.4. The first-order valence-electron chi connectivity index (χ1n) is 7.10. The second-order valence-corrected chi connectivity index (χ2v) is 7.31.